The molecule has 0 amide bonds. The fourth-order valence-electron chi connectivity index (χ4n) is 4.54. The molecule has 1 N–H and O–H groups in total. The number of hydrogen-bond acceptors (Lipinski definition) is 6. The predicted molar refractivity (Wildman–Crippen MR) is 126 cm³/mol. The lowest BCUT2D eigenvalue weighted by Gasteiger charge is -2.25. The molecule has 0 saturated carbocycles. The van der Waals surface area contributed by atoms with Crippen molar-refractivity contribution in [3.05, 3.63) is 63.2 Å². The first-order chi connectivity index (χ1) is 16.0. The van der Waals surface area contributed by atoms with Crippen molar-refractivity contribution in [2.45, 2.75) is 43.5 Å². The van der Waals surface area contributed by atoms with Crippen LogP contribution in [0.5, 0.6) is 0 Å². The maximum atomic E-state index is 14.4. The van der Waals surface area contributed by atoms with Crippen LogP contribution in [0.15, 0.2) is 34.0 Å². The van der Waals surface area contributed by atoms with Crippen LogP contribution in [0, 0.1) is 18.6 Å². The number of rotatable bonds is 5. The van der Waals surface area contributed by atoms with Crippen molar-refractivity contribution in [2.75, 3.05) is 24.8 Å². The Labute approximate surface area is 196 Å². The van der Waals surface area contributed by atoms with Gasteiger partial charge >= 0.3 is 0 Å². The van der Waals surface area contributed by atoms with Crippen LogP contribution in [0.3, 0.4) is 0 Å². The molecule has 1 fully saturated rings. The molecule has 3 aromatic rings. The van der Waals surface area contributed by atoms with E-state index in [0.717, 1.165) is 30.7 Å². The topological polar surface area (TPSA) is 90.3 Å². The molecule has 0 bridgehead atoms. The number of anilines is 1. The van der Waals surface area contributed by atoms with Crippen LogP contribution in [0.1, 0.15) is 48.7 Å². The third kappa shape index (κ3) is 4.44. The van der Waals surface area contributed by atoms with E-state index in [1.165, 1.54) is 6.07 Å². The van der Waals surface area contributed by atoms with Gasteiger partial charge in [-0.15, -0.1) is 0 Å². The van der Waals surface area contributed by atoms with Gasteiger partial charge in [-0.3, -0.25) is 9.36 Å². The standard InChI is InChI=1S/C24H27F2N3O4S/c1-13-11-16(14(2)27-19-6-5-18(25)20(26)22(19)34(4,31)32)21-17(12-13)24(30)29(3)23(28-21)15-7-9-33-10-8-15/h5-6,11-12,14-15,27H,7-10H2,1-4H3/t14-/m1/s1. The largest absolute Gasteiger partial charge is 0.381 e. The van der Waals surface area contributed by atoms with Crippen LogP contribution in [-0.2, 0) is 21.6 Å². The number of benzene rings is 2. The maximum Gasteiger partial charge on any atom is 0.261 e. The number of nitrogens with one attached hydrogen (secondary N) is 1. The fraction of sp³-hybridized carbons (Fsp3) is 0.417. The molecular weight excluding hydrogens is 464 g/mol. The first-order valence-electron chi connectivity index (χ1n) is 11.0. The number of nitrogens with zero attached hydrogens (tertiary/aromatic N) is 2. The van der Waals surface area contributed by atoms with E-state index in [2.05, 4.69) is 5.32 Å². The van der Waals surface area contributed by atoms with Crippen molar-refractivity contribution in [3.63, 3.8) is 0 Å². The normalized spacial score (nSPS) is 16.1. The number of sulfone groups is 1. The molecule has 7 nitrogen and oxygen atoms in total. The highest BCUT2D eigenvalue weighted by atomic mass is 32.2. The molecular formula is C24H27F2N3O4S. The third-order valence-electron chi connectivity index (χ3n) is 6.23. The summed E-state index contributed by atoms with van der Waals surface area (Å²) in [5, 5.41) is 3.44. The molecule has 0 radical (unpaired) electrons. The first-order valence-corrected chi connectivity index (χ1v) is 12.9. The third-order valence-corrected chi connectivity index (χ3v) is 7.38. The number of aromatic nitrogens is 2. The molecule has 0 unspecified atom stereocenters. The Kier molecular flexibility index (Phi) is 6.48. The molecule has 1 aliphatic rings. The van der Waals surface area contributed by atoms with E-state index in [4.69, 9.17) is 9.72 Å². The molecule has 1 aliphatic heterocycles. The monoisotopic (exact) mass is 491 g/mol. The first kappa shape index (κ1) is 24.3. The lowest BCUT2D eigenvalue weighted by molar-refractivity contribution is 0.0828. The van der Waals surface area contributed by atoms with E-state index in [-0.39, 0.29) is 17.2 Å². The molecule has 1 saturated heterocycles. The van der Waals surface area contributed by atoms with E-state index in [9.17, 15) is 22.0 Å². The second-order valence-electron chi connectivity index (χ2n) is 8.85. The summed E-state index contributed by atoms with van der Waals surface area (Å²) in [5.74, 6) is -1.92. The summed E-state index contributed by atoms with van der Waals surface area (Å²) in [6.45, 7) is 4.80. The molecule has 4 rings (SSSR count). The second kappa shape index (κ2) is 9.07. The van der Waals surface area contributed by atoms with Gasteiger partial charge in [0.1, 0.15) is 10.7 Å². The van der Waals surface area contributed by atoms with Gasteiger partial charge in [0.2, 0.25) is 0 Å². The zero-order chi connectivity index (χ0) is 24.8. The smallest absolute Gasteiger partial charge is 0.261 e. The highest BCUT2D eigenvalue weighted by Gasteiger charge is 2.26. The second-order valence-corrected chi connectivity index (χ2v) is 10.8. The Morgan fingerprint density at radius 1 is 1.21 bits per heavy atom. The maximum absolute atomic E-state index is 14.4. The van der Waals surface area contributed by atoms with Crippen molar-refractivity contribution in [1.82, 2.24) is 9.55 Å². The van der Waals surface area contributed by atoms with Gasteiger partial charge in [0, 0.05) is 38.0 Å². The van der Waals surface area contributed by atoms with E-state index in [0.29, 0.717) is 35.5 Å². The SMILES string of the molecule is Cc1cc([C@@H](C)Nc2ccc(F)c(F)c2S(C)(=O)=O)c2nc(C3CCOCC3)n(C)c(=O)c2c1. The van der Waals surface area contributed by atoms with Crippen LogP contribution in [0.2, 0.25) is 0 Å². The highest BCUT2D eigenvalue weighted by molar-refractivity contribution is 7.90. The Hall–Kier alpha value is -2.85. The average Bonchev–Trinajstić information content (AvgIpc) is 2.78. The van der Waals surface area contributed by atoms with Gasteiger partial charge in [0.15, 0.2) is 21.5 Å². The lowest BCUT2D eigenvalue weighted by Crippen LogP contribution is -2.27. The van der Waals surface area contributed by atoms with Crippen LogP contribution in [0.4, 0.5) is 14.5 Å². The molecule has 1 atom stereocenters. The van der Waals surface area contributed by atoms with Crippen LogP contribution >= 0.6 is 0 Å². The molecule has 0 spiro atoms. The van der Waals surface area contributed by atoms with Crippen LogP contribution < -0.4 is 10.9 Å². The van der Waals surface area contributed by atoms with Gasteiger partial charge in [-0.2, -0.15) is 0 Å². The quantitative estimate of drug-likeness (QED) is 0.581. The van der Waals surface area contributed by atoms with Crippen LogP contribution in [0.25, 0.3) is 10.9 Å². The molecule has 182 valence electrons. The zero-order valence-electron chi connectivity index (χ0n) is 19.5. The van der Waals surface area contributed by atoms with Crippen molar-refractivity contribution < 1.29 is 21.9 Å². The minimum absolute atomic E-state index is 0.0583. The minimum Gasteiger partial charge on any atom is -0.381 e. The Balaban J connectivity index is 1.86. The van der Waals surface area contributed by atoms with Gasteiger partial charge in [-0.25, -0.2) is 22.2 Å². The van der Waals surface area contributed by atoms with Crippen molar-refractivity contribution in [3.8, 4) is 0 Å². The summed E-state index contributed by atoms with van der Waals surface area (Å²) in [6.07, 6.45) is 2.34. The van der Waals surface area contributed by atoms with E-state index in [1.54, 1.807) is 24.6 Å². The summed E-state index contributed by atoms with van der Waals surface area (Å²) in [6, 6.07) is 5.15. The lowest BCUT2D eigenvalue weighted by atomic mass is 9.97. The summed E-state index contributed by atoms with van der Waals surface area (Å²) in [4.78, 5) is 17.4. The average molecular weight is 492 g/mol. The molecule has 2 heterocycles. The van der Waals surface area contributed by atoms with Crippen molar-refractivity contribution in [1.29, 1.82) is 0 Å². The fourth-order valence-corrected chi connectivity index (χ4v) is 5.49. The summed E-state index contributed by atoms with van der Waals surface area (Å²) < 4.78 is 59.6. The van der Waals surface area contributed by atoms with Crippen molar-refractivity contribution in [2.24, 2.45) is 7.05 Å². The Morgan fingerprint density at radius 3 is 2.53 bits per heavy atom. The highest BCUT2D eigenvalue weighted by Crippen LogP contribution is 2.33. The van der Waals surface area contributed by atoms with Crippen molar-refractivity contribution >= 4 is 26.4 Å². The molecule has 2 aromatic carbocycles. The summed E-state index contributed by atoms with van der Waals surface area (Å²) in [7, 11) is -2.35. The molecule has 10 heteroatoms. The predicted octanol–water partition coefficient (Wildman–Crippen LogP) is 3.99. The molecule has 1 aromatic heterocycles. The number of fused-ring (bicyclic) bond motifs is 1. The number of hydrogen-bond donors (Lipinski definition) is 1. The minimum atomic E-state index is -4.06. The van der Waals surface area contributed by atoms with Gasteiger partial charge in [-0.1, -0.05) is 6.07 Å². The number of halogens is 2. The number of ether oxygens (including phenoxy) is 1. The Morgan fingerprint density at radius 2 is 1.88 bits per heavy atom. The van der Waals surface area contributed by atoms with Gasteiger partial charge < -0.3 is 10.1 Å². The summed E-state index contributed by atoms with van der Waals surface area (Å²) >= 11 is 0. The summed E-state index contributed by atoms with van der Waals surface area (Å²) in [5.41, 5.74) is 1.75. The van der Waals surface area contributed by atoms with Gasteiger partial charge in [0.05, 0.1) is 22.6 Å². The zero-order valence-corrected chi connectivity index (χ0v) is 20.3. The van der Waals surface area contributed by atoms with E-state index >= 15 is 0 Å². The molecule has 34 heavy (non-hydrogen) atoms. The Bertz CT molecular complexity index is 1430. The van der Waals surface area contributed by atoms with E-state index in [1.807, 2.05) is 13.0 Å². The molecule has 0 aliphatic carbocycles. The van der Waals surface area contributed by atoms with E-state index < -0.39 is 32.4 Å². The van der Waals surface area contributed by atoms with Crippen LogP contribution in [-0.4, -0.2) is 37.4 Å². The number of aryl methyl sites for hydroxylation is 1. The van der Waals surface area contributed by atoms with Gasteiger partial charge in [0.25, 0.3) is 5.56 Å². The van der Waals surface area contributed by atoms with Gasteiger partial charge in [-0.05, 0) is 50.5 Å².